The van der Waals surface area contributed by atoms with Crippen molar-refractivity contribution < 1.29 is 13.2 Å². The molecule has 0 heterocycles. The van der Waals surface area contributed by atoms with Crippen molar-refractivity contribution >= 4 is 15.5 Å². The van der Waals surface area contributed by atoms with Gasteiger partial charge in [0.05, 0.1) is 10.6 Å². The van der Waals surface area contributed by atoms with Crippen molar-refractivity contribution in [1.29, 1.82) is 0 Å². The number of hydrogen-bond acceptors (Lipinski definition) is 4. The standard InChI is InChI=1S/C16H27NO3S/c1-5-12-21(18,19)15-8-6-14(7-9-15)17-13-16(2,3)10-11-20-4/h6-9,17H,5,10-13H2,1-4H3. The van der Waals surface area contributed by atoms with Crippen LogP contribution in [0.2, 0.25) is 0 Å². The number of methoxy groups -OCH3 is 1. The Labute approximate surface area is 128 Å². The van der Waals surface area contributed by atoms with Crippen LogP contribution >= 0.6 is 0 Å². The van der Waals surface area contributed by atoms with Gasteiger partial charge >= 0.3 is 0 Å². The van der Waals surface area contributed by atoms with Gasteiger partial charge in [-0.2, -0.15) is 0 Å². The van der Waals surface area contributed by atoms with Crippen LogP contribution in [0.3, 0.4) is 0 Å². The highest BCUT2D eigenvalue weighted by Crippen LogP contribution is 2.22. The summed E-state index contributed by atoms with van der Waals surface area (Å²) in [5.74, 6) is 0.198. The highest BCUT2D eigenvalue weighted by Gasteiger charge is 2.17. The van der Waals surface area contributed by atoms with Crippen molar-refractivity contribution in [3.8, 4) is 0 Å². The van der Waals surface area contributed by atoms with Gasteiger partial charge in [-0.3, -0.25) is 0 Å². The summed E-state index contributed by atoms with van der Waals surface area (Å²) < 4.78 is 29.0. The van der Waals surface area contributed by atoms with E-state index in [1.165, 1.54) is 0 Å². The summed E-state index contributed by atoms with van der Waals surface area (Å²) in [4.78, 5) is 0.397. The molecule has 0 fully saturated rings. The summed E-state index contributed by atoms with van der Waals surface area (Å²) in [5, 5.41) is 3.35. The van der Waals surface area contributed by atoms with Crippen molar-refractivity contribution in [2.45, 2.75) is 38.5 Å². The summed E-state index contributed by atoms with van der Waals surface area (Å²) in [6, 6.07) is 7.01. The lowest BCUT2D eigenvalue weighted by Gasteiger charge is -2.25. The van der Waals surface area contributed by atoms with Gasteiger partial charge in [-0.1, -0.05) is 20.8 Å². The van der Waals surface area contributed by atoms with E-state index in [1.807, 2.05) is 19.1 Å². The molecule has 0 unspecified atom stereocenters. The zero-order valence-electron chi connectivity index (χ0n) is 13.5. The first-order chi connectivity index (χ1) is 9.80. The third-order valence-corrected chi connectivity index (χ3v) is 5.38. The molecule has 21 heavy (non-hydrogen) atoms. The summed E-state index contributed by atoms with van der Waals surface area (Å²) in [6.07, 6.45) is 1.61. The Kier molecular flexibility index (Phi) is 6.68. The number of sulfone groups is 1. The van der Waals surface area contributed by atoms with Gasteiger partial charge < -0.3 is 10.1 Å². The second kappa shape index (κ2) is 7.80. The molecule has 0 aliphatic carbocycles. The monoisotopic (exact) mass is 313 g/mol. The maximum atomic E-state index is 11.9. The predicted octanol–water partition coefficient (Wildman–Crippen LogP) is 3.34. The third-order valence-electron chi connectivity index (χ3n) is 3.44. The largest absolute Gasteiger partial charge is 0.385 e. The SMILES string of the molecule is CCCS(=O)(=O)c1ccc(NCC(C)(C)CCOC)cc1. The molecule has 0 radical (unpaired) electrons. The summed E-state index contributed by atoms with van der Waals surface area (Å²) >= 11 is 0. The van der Waals surface area contributed by atoms with E-state index in [2.05, 4.69) is 19.2 Å². The molecule has 1 N–H and O–H groups in total. The molecule has 0 bridgehead atoms. The molecular formula is C16H27NO3S. The van der Waals surface area contributed by atoms with E-state index in [0.717, 1.165) is 25.3 Å². The van der Waals surface area contributed by atoms with E-state index in [-0.39, 0.29) is 11.2 Å². The minimum atomic E-state index is -3.13. The normalized spacial score (nSPS) is 12.4. The summed E-state index contributed by atoms with van der Waals surface area (Å²) in [7, 11) is -1.42. The lowest BCUT2D eigenvalue weighted by Crippen LogP contribution is -2.24. The van der Waals surface area contributed by atoms with Gasteiger partial charge in [-0.15, -0.1) is 0 Å². The van der Waals surface area contributed by atoms with Gasteiger partial charge in [-0.05, 0) is 42.5 Å². The molecule has 5 heteroatoms. The van der Waals surface area contributed by atoms with Crippen LogP contribution in [0.5, 0.6) is 0 Å². The molecule has 0 aliphatic rings. The Balaban J connectivity index is 2.63. The fourth-order valence-electron chi connectivity index (χ4n) is 1.97. The van der Waals surface area contributed by atoms with Crippen molar-refractivity contribution in [1.82, 2.24) is 0 Å². The molecule has 0 saturated carbocycles. The third kappa shape index (κ3) is 6.06. The fraction of sp³-hybridized carbons (Fsp3) is 0.625. The highest BCUT2D eigenvalue weighted by molar-refractivity contribution is 7.91. The van der Waals surface area contributed by atoms with Crippen LogP contribution < -0.4 is 5.32 Å². The van der Waals surface area contributed by atoms with Gasteiger partial charge in [0.1, 0.15) is 0 Å². The van der Waals surface area contributed by atoms with Gasteiger partial charge in [0, 0.05) is 25.9 Å². The Morgan fingerprint density at radius 2 is 1.81 bits per heavy atom. The number of hydrogen-bond donors (Lipinski definition) is 1. The van der Waals surface area contributed by atoms with E-state index < -0.39 is 9.84 Å². The van der Waals surface area contributed by atoms with Gasteiger partial charge in [-0.25, -0.2) is 8.42 Å². The van der Waals surface area contributed by atoms with Crippen LogP contribution in [-0.2, 0) is 14.6 Å². The Morgan fingerprint density at radius 1 is 1.19 bits per heavy atom. The summed E-state index contributed by atoms with van der Waals surface area (Å²) in [5.41, 5.74) is 1.07. The minimum absolute atomic E-state index is 0.128. The molecule has 120 valence electrons. The molecule has 0 amide bonds. The Morgan fingerprint density at radius 3 is 2.33 bits per heavy atom. The van der Waals surface area contributed by atoms with Crippen LogP contribution in [0.25, 0.3) is 0 Å². The maximum absolute atomic E-state index is 11.9. The first-order valence-electron chi connectivity index (χ1n) is 7.36. The number of ether oxygens (including phenoxy) is 1. The Hall–Kier alpha value is -1.07. The zero-order chi connectivity index (χ0) is 15.9. The average molecular weight is 313 g/mol. The van der Waals surface area contributed by atoms with Gasteiger partial charge in [0.2, 0.25) is 0 Å². The summed E-state index contributed by atoms with van der Waals surface area (Å²) in [6.45, 7) is 7.79. The second-order valence-corrected chi connectivity index (χ2v) is 8.21. The van der Waals surface area contributed by atoms with Crippen LogP contribution in [0, 0.1) is 5.41 Å². The molecule has 0 aromatic heterocycles. The molecule has 1 aromatic carbocycles. The van der Waals surface area contributed by atoms with Crippen molar-refractivity contribution in [2.24, 2.45) is 5.41 Å². The van der Waals surface area contributed by atoms with Crippen molar-refractivity contribution in [3.63, 3.8) is 0 Å². The number of nitrogens with one attached hydrogen (secondary N) is 1. The molecule has 0 atom stereocenters. The fourth-order valence-corrected chi connectivity index (χ4v) is 3.30. The van der Waals surface area contributed by atoms with Crippen LogP contribution in [0.15, 0.2) is 29.2 Å². The molecule has 0 spiro atoms. The maximum Gasteiger partial charge on any atom is 0.178 e. The molecule has 1 aromatic rings. The highest BCUT2D eigenvalue weighted by atomic mass is 32.2. The smallest absolute Gasteiger partial charge is 0.178 e. The van der Waals surface area contributed by atoms with Crippen molar-refractivity contribution in [2.75, 3.05) is 31.3 Å². The van der Waals surface area contributed by atoms with Crippen LogP contribution in [0.1, 0.15) is 33.6 Å². The zero-order valence-corrected chi connectivity index (χ0v) is 14.3. The second-order valence-electron chi connectivity index (χ2n) is 6.10. The van der Waals surface area contributed by atoms with E-state index in [0.29, 0.717) is 11.3 Å². The first kappa shape index (κ1) is 18.0. The first-order valence-corrected chi connectivity index (χ1v) is 9.01. The van der Waals surface area contributed by atoms with E-state index in [1.54, 1.807) is 19.2 Å². The molecule has 1 rings (SSSR count). The number of benzene rings is 1. The lowest BCUT2D eigenvalue weighted by molar-refractivity contribution is 0.157. The van der Waals surface area contributed by atoms with Gasteiger partial charge in [0.15, 0.2) is 9.84 Å². The van der Waals surface area contributed by atoms with E-state index in [9.17, 15) is 8.42 Å². The minimum Gasteiger partial charge on any atom is -0.385 e. The van der Waals surface area contributed by atoms with E-state index in [4.69, 9.17) is 4.74 Å². The van der Waals surface area contributed by atoms with E-state index >= 15 is 0 Å². The predicted molar refractivity (Wildman–Crippen MR) is 87.5 cm³/mol. The molecule has 0 saturated heterocycles. The van der Waals surface area contributed by atoms with Gasteiger partial charge in [0.25, 0.3) is 0 Å². The Bertz CT molecular complexity index is 521. The quantitative estimate of drug-likeness (QED) is 0.759. The molecule has 0 aliphatic heterocycles. The van der Waals surface area contributed by atoms with Crippen LogP contribution in [-0.4, -0.2) is 34.4 Å². The van der Waals surface area contributed by atoms with Crippen LogP contribution in [0.4, 0.5) is 5.69 Å². The lowest BCUT2D eigenvalue weighted by atomic mass is 9.89. The number of anilines is 1. The topological polar surface area (TPSA) is 55.4 Å². The number of rotatable bonds is 9. The van der Waals surface area contributed by atoms with Crippen molar-refractivity contribution in [3.05, 3.63) is 24.3 Å². The molecule has 4 nitrogen and oxygen atoms in total. The molecular weight excluding hydrogens is 286 g/mol. The average Bonchev–Trinajstić information content (AvgIpc) is 2.44.